The standard InChI is InChI=1S/C17H16FNO5/c1-19(17(22)14-8-5-12(20)9-15(14)18)11-3-6-13(7-4-11)24-10-16(21)23-2/h3-9,20H,10H2,1-2H3. The van der Waals surface area contributed by atoms with Gasteiger partial charge < -0.3 is 19.5 Å². The van der Waals surface area contributed by atoms with Crippen LogP contribution in [0.4, 0.5) is 10.1 Å². The Morgan fingerprint density at radius 2 is 1.83 bits per heavy atom. The minimum Gasteiger partial charge on any atom is -0.508 e. The van der Waals surface area contributed by atoms with Gasteiger partial charge in [0.1, 0.15) is 17.3 Å². The van der Waals surface area contributed by atoms with Crippen molar-refractivity contribution in [2.24, 2.45) is 0 Å². The van der Waals surface area contributed by atoms with E-state index in [0.29, 0.717) is 11.4 Å². The SMILES string of the molecule is COC(=O)COc1ccc(N(C)C(=O)c2ccc(O)cc2F)cc1. The molecule has 0 fully saturated rings. The summed E-state index contributed by atoms with van der Waals surface area (Å²) in [4.78, 5) is 24.6. The summed E-state index contributed by atoms with van der Waals surface area (Å²) in [6.07, 6.45) is 0. The largest absolute Gasteiger partial charge is 0.508 e. The molecule has 1 N–H and O–H groups in total. The van der Waals surface area contributed by atoms with Crippen molar-refractivity contribution in [2.75, 3.05) is 25.7 Å². The molecule has 0 spiro atoms. The Labute approximate surface area is 138 Å². The first-order chi connectivity index (χ1) is 11.4. The van der Waals surface area contributed by atoms with Crippen LogP contribution in [0, 0.1) is 5.82 Å². The highest BCUT2D eigenvalue weighted by Crippen LogP contribution is 2.22. The number of phenolic OH excluding ortho intramolecular Hbond substituents is 1. The number of nitrogens with zero attached hydrogens (tertiary/aromatic N) is 1. The van der Waals surface area contributed by atoms with Crippen molar-refractivity contribution in [2.45, 2.75) is 0 Å². The molecule has 2 aromatic rings. The van der Waals surface area contributed by atoms with Crippen LogP contribution in [0.2, 0.25) is 0 Å². The molecule has 0 bridgehead atoms. The summed E-state index contributed by atoms with van der Waals surface area (Å²) >= 11 is 0. The first-order valence-corrected chi connectivity index (χ1v) is 6.98. The van der Waals surface area contributed by atoms with Gasteiger partial charge in [-0.3, -0.25) is 4.79 Å². The molecule has 2 rings (SSSR count). The smallest absolute Gasteiger partial charge is 0.343 e. The second-order valence-electron chi connectivity index (χ2n) is 4.89. The lowest BCUT2D eigenvalue weighted by Gasteiger charge is -2.18. The van der Waals surface area contributed by atoms with Crippen LogP contribution in [0.3, 0.4) is 0 Å². The van der Waals surface area contributed by atoms with Crippen molar-refractivity contribution in [3.63, 3.8) is 0 Å². The fraction of sp³-hybridized carbons (Fsp3) is 0.176. The average Bonchev–Trinajstić information content (AvgIpc) is 2.59. The maximum atomic E-state index is 13.8. The Morgan fingerprint density at radius 1 is 1.17 bits per heavy atom. The highest BCUT2D eigenvalue weighted by atomic mass is 19.1. The van der Waals surface area contributed by atoms with E-state index in [0.717, 1.165) is 6.07 Å². The number of rotatable bonds is 5. The van der Waals surface area contributed by atoms with Gasteiger partial charge in [0.2, 0.25) is 0 Å². The first-order valence-electron chi connectivity index (χ1n) is 6.98. The lowest BCUT2D eigenvalue weighted by atomic mass is 10.1. The Hall–Kier alpha value is -3.09. The third-order valence-electron chi connectivity index (χ3n) is 3.30. The second kappa shape index (κ2) is 7.45. The molecule has 0 aromatic heterocycles. The minimum absolute atomic E-state index is 0.152. The van der Waals surface area contributed by atoms with Gasteiger partial charge >= 0.3 is 5.97 Å². The van der Waals surface area contributed by atoms with Gasteiger partial charge in [0, 0.05) is 18.8 Å². The van der Waals surface area contributed by atoms with E-state index in [1.165, 1.54) is 31.2 Å². The lowest BCUT2D eigenvalue weighted by molar-refractivity contribution is -0.142. The molecule has 6 nitrogen and oxygen atoms in total. The van der Waals surface area contributed by atoms with Crippen LogP contribution in [0.1, 0.15) is 10.4 Å². The van der Waals surface area contributed by atoms with E-state index in [4.69, 9.17) is 4.74 Å². The summed E-state index contributed by atoms with van der Waals surface area (Å²) in [6, 6.07) is 9.70. The van der Waals surface area contributed by atoms with E-state index < -0.39 is 17.7 Å². The Kier molecular flexibility index (Phi) is 5.36. The van der Waals surface area contributed by atoms with E-state index in [2.05, 4.69) is 4.74 Å². The number of ether oxygens (including phenoxy) is 2. The van der Waals surface area contributed by atoms with Crippen molar-refractivity contribution in [3.8, 4) is 11.5 Å². The zero-order valence-electron chi connectivity index (χ0n) is 13.2. The summed E-state index contributed by atoms with van der Waals surface area (Å²) in [5.74, 6) is -1.69. The number of anilines is 1. The van der Waals surface area contributed by atoms with Crippen LogP contribution < -0.4 is 9.64 Å². The highest BCUT2D eigenvalue weighted by molar-refractivity contribution is 6.06. The van der Waals surface area contributed by atoms with Crippen LogP contribution >= 0.6 is 0 Å². The lowest BCUT2D eigenvalue weighted by Crippen LogP contribution is -2.27. The molecule has 0 aliphatic carbocycles. The zero-order valence-corrected chi connectivity index (χ0v) is 13.2. The molecule has 0 atom stereocenters. The number of carbonyl (C=O) groups excluding carboxylic acids is 2. The average molecular weight is 333 g/mol. The molecular formula is C17H16FNO5. The van der Waals surface area contributed by atoms with Crippen molar-refractivity contribution in [1.82, 2.24) is 0 Å². The van der Waals surface area contributed by atoms with Gasteiger partial charge in [0.05, 0.1) is 12.7 Å². The molecular weight excluding hydrogens is 317 g/mol. The van der Waals surface area contributed by atoms with Crippen LogP contribution in [-0.4, -0.2) is 37.7 Å². The van der Waals surface area contributed by atoms with Gasteiger partial charge in [-0.25, -0.2) is 9.18 Å². The molecule has 0 heterocycles. The monoisotopic (exact) mass is 333 g/mol. The summed E-state index contributed by atoms with van der Waals surface area (Å²) in [6.45, 7) is -0.219. The zero-order chi connectivity index (χ0) is 17.7. The minimum atomic E-state index is -0.801. The third-order valence-corrected chi connectivity index (χ3v) is 3.30. The van der Waals surface area contributed by atoms with Crippen molar-refractivity contribution >= 4 is 17.6 Å². The van der Waals surface area contributed by atoms with Gasteiger partial charge in [-0.15, -0.1) is 0 Å². The molecule has 0 aliphatic rings. The topological polar surface area (TPSA) is 76.1 Å². The van der Waals surface area contributed by atoms with E-state index in [9.17, 15) is 19.1 Å². The number of hydrogen-bond acceptors (Lipinski definition) is 5. The Morgan fingerprint density at radius 3 is 2.42 bits per heavy atom. The number of amides is 1. The molecule has 0 saturated heterocycles. The number of aromatic hydroxyl groups is 1. The van der Waals surface area contributed by atoms with Crippen LogP contribution in [0.5, 0.6) is 11.5 Å². The van der Waals surface area contributed by atoms with Gasteiger partial charge in [0.25, 0.3) is 5.91 Å². The van der Waals surface area contributed by atoms with E-state index >= 15 is 0 Å². The van der Waals surface area contributed by atoms with Crippen molar-refractivity contribution < 1.29 is 28.6 Å². The molecule has 1 amide bonds. The summed E-state index contributed by atoms with van der Waals surface area (Å²) in [7, 11) is 2.76. The number of phenols is 1. The number of esters is 1. The van der Waals surface area contributed by atoms with Crippen molar-refractivity contribution in [3.05, 3.63) is 53.8 Å². The molecule has 0 saturated carbocycles. The Balaban J connectivity index is 2.10. The van der Waals surface area contributed by atoms with E-state index in [1.54, 1.807) is 24.3 Å². The first kappa shape index (κ1) is 17.3. The van der Waals surface area contributed by atoms with Crippen LogP contribution in [0.15, 0.2) is 42.5 Å². The quantitative estimate of drug-likeness (QED) is 0.850. The molecule has 7 heteroatoms. The fourth-order valence-corrected chi connectivity index (χ4v) is 1.94. The Bertz CT molecular complexity index is 745. The number of methoxy groups -OCH3 is 1. The van der Waals surface area contributed by atoms with Crippen LogP contribution in [0.25, 0.3) is 0 Å². The number of benzene rings is 2. The fourth-order valence-electron chi connectivity index (χ4n) is 1.94. The van der Waals surface area contributed by atoms with Gasteiger partial charge in [-0.1, -0.05) is 0 Å². The highest BCUT2D eigenvalue weighted by Gasteiger charge is 2.18. The maximum Gasteiger partial charge on any atom is 0.343 e. The number of halogens is 1. The van der Waals surface area contributed by atoms with Gasteiger partial charge in [0.15, 0.2) is 6.61 Å². The van der Waals surface area contributed by atoms with Gasteiger partial charge in [-0.05, 0) is 36.4 Å². The molecule has 0 aliphatic heterocycles. The van der Waals surface area contributed by atoms with Crippen molar-refractivity contribution in [1.29, 1.82) is 0 Å². The molecule has 0 unspecified atom stereocenters. The maximum absolute atomic E-state index is 13.8. The van der Waals surface area contributed by atoms with Gasteiger partial charge in [-0.2, -0.15) is 0 Å². The van der Waals surface area contributed by atoms with E-state index in [-0.39, 0.29) is 17.9 Å². The molecule has 0 radical (unpaired) electrons. The molecule has 24 heavy (non-hydrogen) atoms. The predicted molar refractivity (Wildman–Crippen MR) is 84.8 cm³/mol. The summed E-state index contributed by atoms with van der Waals surface area (Å²) in [5, 5.41) is 9.20. The summed E-state index contributed by atoms with van der Waals surface area (Å²) in [5.41, 5.74) is 0.360. The molecule has 126 valence electrons. The summed E-state index contributed by atoms with van der Waals surface area (Å²) < 4.78 is 23.4. The van der Waals surface area contributed by atoms with Crippen LogP contribution in [-0.2, 0) is 9.53 Å². The number of carbonyl (C=O) groups is 2. The molecule has 2 aromatic carbocycles. The number of hydrogen-bond donors (Lipinski definition) is 1. The third kappa shape index (κ3) is 4.01. The second-order valence-corrected chi connectivity index (χ2v) is 4.89. The normalized spacial score (nSPS) is 10.1. The van der Waals surface area contributed by atoms with E-state index in [1.807, 2.05) is 0 Å². The predicted octanol–water partition coefficient (Wildman–Crippen LogP) is 2.36.